The number of aliphatic hydroxyl groups is 1. The normalized spacial score (nSPS) is 58.5. The lowest BCUT2D eigenvalue weighted by molar-refractivity contribution is -0.273. The molecule has 4 saturated carbocycles. The second kappa shape index (κ2) is 7.92. The van der Waals surface area contributed by atoms with Crippen molar-refractivity contribution in [3.8, 4) is 0 Å². The molecule has 0 radical (unpaired) electrons. The molecule has 6 fully saturated rings. The van der Waals surface area contributed by atoms with Gasteiger partial charge in [-0.05, 0) is 97.7 Å². The maximum atomic E-state index is 11.7. The van der Waals surface area contributed by atoms with E-state index in [2.05, 4.69) is 27.7 Å². The number of rotatable bonds is 1. The van der Waals surface area contributed by atoms with Crippen LogP contribution < -0.4 is 0 Å². The van der Waals surface area contributed by atoms with E-state index in [1.165, 1.54) is 45.4 Å². The molecule has 1 N–H and O–H groups in total. The molecule has 0 aromatic carbocycles. The molecular formula is C29H46O5. The number of hydrogen-bond donors (Lipinski definition) is 1. The minimum atomic E-state index is -0.512. The second-order valence-electron chi connectivity index (χ2n) is 13.8. The third-order valence-corrected chi connectivity index (χ3v) is 12.2. The molecule has 5 heteroatoms. The van der Waals surface area contributed by atoms with Gasteiger partial charge in [-0.25, -0.2) is 0 Å². The van der Waals surface area contributed by atoms with Crippen LogP contribution in [-0.4, -0.2) is 41.8 Å². The predicted molar refractivity (Wildman–Crippen MR) is 129 cm³/mol. The van der Waals surface area contributed by atoms with Crippen molar-refractivity contribution < 1.29 is 24.1 Å². The summed E-state index contributed by atoms with van der Waals surface area (Å²) in [6.45, 7) is 12.1. The first-order valence-electron chi connectivity index (χ1n) is 14.2. The molecule has 6 rings (SSSR count). The highest BCUT2D eigenvalue weighted by Gasteiger charge is 2.69. The van der Waals surface area contributed by atoms with Gasteiger partial charge in [0.25, 0.3) is 0 Å². The van der Waals surface area contributed by atoms with Crippen LogP contribution >= 0.6 is 0 Å². The van der Waals surface area contributed by atoms with Crippen LogP contribution in [-0.2, 0) is 19.0 Å². The van der Waals surface area contributed by atoms with E-state index < -0.39 is 6.10 Å². The Morgan fingerprint density at radius 2 is 1.79 bits per heavy atom. The first-order chi connectivity index (χ1) is 16.1. The van der Waals surface area contributed by atoms with Crippen molar-refractivity contribution in [2.24, 2.45) is 52.3 Å². The quantitative estimate of drug-likeness (QED) is 0.520. The average molecular weight is 475 g/mol. The lowest BCUT2D eigenvalue weighted by Crippen LogP contribution is -2.57. The molecule has 0 bridgehead atoms. The van der Waals surface area contributed by atoms with Crippen LogP contribution in [0.25, 0.3) is 0 Å². The summed E-state index contributed by atoms with van der Waals surface area (Å²) in [6, 6.07) is 0. The molecule has 2 saturated heterocycles. The third kappa shape index (κ3) is 3.24. The minimum absolute atomic E-state index is 0.150. The highest BCUT2D eigenvalue weighted by Crippen LogP contribution is 2.71. The monoisotopic (exact) mass is 474 g/mol. The van der Waals surface area contributed by atoms with E-state index in [1.807, 2.05) is 0 Å². The fourth-order valence-electron chi connectivity index (χ4n) is 10.6. The Balaban J connectivity index is 1.24. The lowest BCUT2D eigenvalue weighted by Gasteiger charge is -2.62. The number of carbonyl (C=O) groups is 1. The van der Waals surface area contributed by atoms with Crippen molar-refractivity contribution >= 4 is 5.97 Å². The van der Waals surface area contributed by atoms with Gasteiger partial charge >= 0.3 is 5.97 Å². The van der Waals surface area contributed by atoms with E-state index in [0.29, 0.717) is 47.0 Å². The Labute approximate surface area is 205 Å². The van der Waals surface area contributed by atoms with Crippen LogP contribution in [0.1, 0.15) is 92.4 Å². The van der Waals surface area contributed by atoms with Crippen molar-refractivity contribution in [1.29, 1.82) is 0 Å². The Hall–Kier alpha value is -0.650. The number of esters is 1. The van der Waals surface area contributed by atoms with Gasteiger partial charge in [-0.1, -0.05) is 27.7 Å². The molecule has 0 aromatic rings. The molecule has 0 amide bonds. The molecule has 6 aliphatic rings. The van der Waals surface area contributed by atoms with E-state index in [9.17, 15) is 9.90 Å². The number of carbonyl (C=O) groups excluding carboxylic acids is 1. The summed E-state index contributed by atoms with van der Waals surface area (Å²) in [7, 11) is 0. The largest absolute Gasteiger partial charge is 0.460 e. The van der Waals surface area contributed by atoms with Crippen LogP contribution in [0.15, 0.2) is 0 Å². The van der Waals surface area contributed by atoms with E-state index in [-0.39, 0.29) is 23.3 Å². The zero-order valence-corrected chi connectivity index (χ0v) is 21.9. The second-order valence-corrected chi connectivity index (χ2v) is 13.8. The Morgan fingerprint density at radius 3 is 2.50 bits per heavy atom. The zero-order chi connectivity index (χ0) is 24.0. The van der Waals surface area contributed by atoms with Crippen molar-refractivity contribution in [3.63, 3.8) is 0 Å². The first kappa shape index (κ1) is 23.7. The number of aliphatic hydroxyl groups excluding tert-OH is 1. The minimum Gasteiger partial charge on any atom is -0.460 e. The molecule has 4 aliphatic carbocycles. The van der Waals surface area contributed by atoms with Crippen LogP contribution in [0.2, 0.25) is 0 Å². The Bertz CT molecular complexity index is 819. The van der Waals surface area contributed by atoms with Crippen molar-refractivity contribution in [2.45, 2.75) is 117 Å². The summed E-state index contributed by atoms with van der Waals surface area (Å²) in [4.78, 5) is 11.7. The Morgan fingerprint density at radius 1 is 1.00 bits per heavy atom. The smallest absolute Gasteiger partial charge is 0.302 e. The molecule has 0 aromatic heterocycles. The third-order valence-electron chi connectivity index (χ3n) is 12.2. The summed E-state index contributed by atoms with van der Waals surface area (Å²) in [5.74, 6) is 3.72. The molecule has 2 aliphatic heterocycles. The van der Waals surface area contributed by atoms with Gasteiger partial charge in [-0.3, -0.25) is 4.79 Å². The SMILES string of the molecule is CC(=O)O[C@@H]1C[C@@]2(C)[C@@H](CC[C@@H]3[C@@H]2CC[C@]2(C)[C@@H]4[C@H](C[C@@H]32)O[C@@]2(CC[C@@H](C)CO2)[C@H]4C)C[C@H]1O. The van der Waals surface area contributed by atoms with Crippen LogP contribution in [0, 0.1) is 52.3 Å². The maximum Gasteiger partial charge on any atom is 0.302 e. The maximum absolute atomic E-state index is 11.7. The summed E-state index contributed by atoms with van der Waals surface area (Å²) in [5, 5.41) is 10.7. The summed E-state index contributed by atoms with van der Waals surface area (Å²) < 4.78 is 19.0. The molecule has 192 valence electrons. The van der Waals surface area contributed by atoms with Gasteiger partial charge in [0, 0.05) is 19.3 Å². The van der Waals surface area contributed by atoms with E-state index in [1.54, 1.807) is 0 Å². The van der Waals surface area contributed by atoms with Crippen molar-refractivity contribution in [2.75, 3.05) is 6.61 Å². The molecule has 13 atom stereocenters. The van der Waals surface area contributed by atoms with Crippen LogP contribution in [0.5, 0.6) is 0 Å². The molecule has 2 heterocycles. The highest BCUT2D eigenvalue weighted by atomic mass is 16.7. The van der Waals surface area contributed by atoms with Gasteiger partial charge in [0.05, 0.1) is 18.8 Å². The number of ether oxygens (including phenoxy) is 3. The fraction of sp³-hybridized carbons (Fsp3) is 0.966. The average Bonchev–Trinajstić information content (AvgIpc) is 3.21. The van der Waals surface area contributed by atoms with Gasteiger partial charge in [-0.2, -0.15) is 0 Å². The summed E-state index contributed by atoms with van der Waals surface area (Å²) in [5.41, 5.74) is 0.478. The summed E-state index contributed by atoms with van der Waals surface area (Å²) in [6.07, 6.45) is 9.53. The van der Waals surface area contributed by atoms with Gasteiger partial charge in [-0.15, -0.1) is 0 Å². The van der Waals surface area contributed by atoms with Gasteiger partial charge in [0.2, 0.25) is 0 Å². The van der Waals surface area contributed by atoms with Crippen LogP contribution in [0.3, 0.4) is 0 Å². The Kier molecular flexibility index (Phi) is 5.53. The van der Waals surface area contributed by atoms with Crippen LogP contribution in [0.4, 0.5) is 0 Å². The van der Waals surface area contributed by atoms with Gasteiger partial charge in [0.15, 0.2) is 5.79 Å². The van der Waals surface area contributed by atoms with Crippen molar-refractivity contribution in [1.82, 2.24) is 0 Å². The highest BCUT2D eigenvalue weighted by molar-refractivity contribution is 5.66. The molecule has 34 heavy (non-hydrogen) atoms. The standard InChI is InChI=1S/C29H46O5/c1-16-8-11-29(32-15-16)17(2)26-24(34-29)13-22-20-7-6-19-12-23(31)25(33-18(3)30)14-28(19,5)21(20)9-10-27(22,26)4/h16-17,19-26,31H,6-15H2,1-5H3/t16-,17+,19+,20-,21+,22+,23-,24+,25-,26+,27+,28+,29+/m1/s1. The number of fused-ring (bicyclic) bond motifs is 7. The van der Waals surface area contributed by atoms with Gasteiger partial charge < -0.3 is 19.3 Å². The van der Waals surface area contributed by atoms with E-state index >= 15 is 0 Å². The predicted octanol–water partition coefficient (Wildman–Crippen LogP) is 5.34. The first-order valence-corrected chi connectivity index (χ1v) is 14.2. The lowest BCUT2D eigenvalue weighted by atomic mass is 9.44. The fourth-order valence-corrected chi connectivity index (χ4v) is 10.6. The summed E-state index contributed by atoms with van der Waals surface area (Å²) >= 11 is 0. The van der Waals surface area contributed by atoms with Crippen molar-refractivity contribution in [3.05, 3.63) is 0 Å². The number of hydrogen-bond acceptors (Lipinski definition) is 5. The molecule has 5 nitrogen and oxygen atoms in total. The van der Waals surface area contributed by atoms with E-state index in [4.69, 9.17) is 14.2 Å². The molecule has 0 unspecified atom stereocenters. The van der Waals surface area contributed by atoms with Gasteiger partial charge in [0.1, 0.15) is 6.10 Å². The molecule has 1 spiro atoms. The zero-order valence-electron chi connectivity index (χ0n) is 21.9. The molecular weight excluding hydrogens is 428 g/mol. The van der Waals surface area contributed by atoms with E-state index in [0.717, 1.165) is 31.8 Å². The topological polar surface area (TPSA) is 65.0 Å².